The van der Waals surface area contributed by atoms with Gasteiger partial charge in [-0.1, -0.05) is 30.4 Å². The summed E-state index contributed by atoms with van der Waals surface area (Å²) >= 11 is 0. The van der Waals surface area contributed by atoms with Gasteiger partial charge in [-0.25, -0.2) is 0 Å². The molecule has 0 aromatic heterocycles. The lowest BCUT2D eigenvalue weighted by molar-refractivity contribution is -0.135. The maximum Gasteiger partial charge on any atom is 0.264 e. The fourth-order valence-corrected chi connectivity index (χ4v) is 3.51. The molecule has 0 radical (unpaired) electrons. The molecule has 2 aromatic carbocycles. The Bertz CT molecular complexity index is 967. The number of Topliss-reactive ketones (excluding diaryl/α,β-unsaturated/α-hetero) is 1. The molecule has 1 N–H and O–H groups in total. The van der Waals surface area contributed by atoms with Crippen molar-refractivity contribution in [3.05, 3.63) is 65.7 Å². The monoisotopic (exact) mass is 365 g/mol. The van der Waals surface area contributed by atoms with Gasteiger partial charge in [0.1, 0.15) is 0 Å². The van der Waals surface area contributed by atoms with Crippen molar-refractivity contribution in [2.75, 3.05) is 18.2 Å². The van der Waals surface area contributed by atoms with Crippen LogP contribution in [0.5, 0.6) is 11.5 Å². The van der Waals surface area contributed by atoms with E-state index in [4.69, 9.17) is 9.47 Å². The van der Waals surface area contributed by atoms with Crippen molar-refractivity contribution < 1.29 is 24.2 Å². The summed E-state index contributed by atoms with van der Waals surface area (Å²) in [5, 5.41) is 11.2. The Labute approximate surface area is 156 Å². The molecule has 2 aromatic rings. The van der Waals surface area contributed by atoms with Crippen LogP contribution in [0.4, 0.5) is 5.69 Å². The minimum atomic E-state index is -1.90. The molecule has 0 bridgehead atoms. The van der Waals surface area contributed by atoms with Gasteiger partial charge in [0.15, 0.2) is 22.9 Å². The molecule has 0 aliphatic carbocycles. The second kappa shape index (κ2) is 6.25. The standard InChI is InChI=1S/C21H19NO5/c1-13(2)11-22-16-6-4-3-5-15(16)21(25,20(22)24)10-17(23)14-7-8-18-19(9-14)27-12-26-18/h3-9,25H,1,10-12H2,2H3. The predicted octanol–water partition coefficient (Wildman–Crippen LogP) is 2.80. The second-order valence-electron chi connectivity index (χ2n) is 6.89. The second-order valence-corrected chi connectivity index (χ2v) is 6.89. The molecule has 6 nitrogen and oxygen atoms in total. The Morgan fingerprint density at radius 3 is 2.74 bits per heavy atom. The largest absolute Gasteiger partial charge is 0.454 e. The number of fused-ring (bicyclic) bond motifs is 2. The number of carbonyl (C=O) groups excluding carboxylic acids is 2. The molecule has 4 rings (SSSR count). The number of para-hydroxylation sites is 1. The number of hydrogen-bond acceptors (Lipinski definition) is 5. The van der Waals surface area contributed by atoms with Gasteiger partial charge in [-0.15, -0.1) is 0 Å². The van der Waals surface area contributed by atoms with Crippen LogP contribution in [0.15, 0.2) is 54.6 Å². The van der Waals surface area contributed by atoms with Gasteiger partial charge in [0.05, 0.1) is 12.1 Å². The van der Waals surface area contributed by atoms with Gasteiger partial charge < -0.3 is 19.5 Å². The van der Waals surface area contributed by atoms with E-state index in [2.05, 4.69) is 6.58 Å². The minimum absolute atomic E-state index is 0.110. The zero-order valence-electron chi connectivity index (χ0n) is 14.9. The van der Waals surface area contributed by atoms with E-state index < -0.39 is 11.5 Å². The Hall–Kier alpha value is -3.12. The maximum absolute atomic E-state index is 13.0. The number of nitrogens with zero attached hydrogens (tertiary/aromatic N) is 1. The lowest BCUT2D eigenvalue weighted by atomic mass is 9.88. The highest BCUT2D eigenvalue weighted by Gasteiger charge is 2.50. The molecule has 27 heavy (non-hydrogen) atoms. The minimum Gasteiger partial charge on any atom is -0.454 e. The molecule has 0 spiro atoms. The Kier molecular flexibility index (Phi) is 4.00. The molecule has 1 unspecified atom stereocenters. The third-order valence-corrected chi connectivity index (χ3v) is 4.78. The predicted molar refractivity (Wildman–Crippen MR) is 99.0 cm³/mol. The average molecular weight is 365 g/mol. The SMILES string of the molecule is C=C(C)CN1C(=O)C(O)(CC(=O)c2ccc3c(c2)OCO3)c2ccccc21. The van der Waals surface area contributed by atoms with Crippen LogP contribution < -0.4 is 14.4 Å². The molecule has 138 valence electrons. The summed E-state index contributed by atoms with van der Waals surface area (Å²) in [6, 6.07) is 11.8. The number of anilines is 1. The topological polar surface area (TPSA) is 76.1 Å². The maximum atomic E-state index is 13.0. The number of amides is 1. The fourth-order valence-electron chi connectivity index (χ4n) is 3.51. The smallest absolute Gasteiger partial charge is 0.264 e. The van der Waals surface area contributed by atoms with E-state index in [1.807, 2.05) is 6.92 Å². The fraction of sp³-hybridized carbons (Fsp3) is 0.238. The molecular weight excluding hydrogens is 346 g/mol. The molecule has 2 aliphatic rings. The van der Waals surface area contributed by atoms with Crippen molar-refractivity contribution in [3.63, 3.8) is 0 Å². The third-order valence-electron chi connectivity index (χ3n) is 4.78. The van der Waals surface area contributed by atoms with Crippen molar-refractivity contribution >= 4 is 17.4 Å². The van der Waals surface area contributed by atoms with E-state index in [0.717, 1.165) is 5.57 Å². The van der Waals surface area contributed by atoms with Crippen LogP contribution in [0.2, 0.25) is 0 Å². The highest BCUT2D eigenvalue weighted by atomic mass is 16.7. The number of benzene rings is 2. The molecule has 1 atom stereocenters. The van der Waals surface area contributed by atoms with Crippen molar-refractivity contribution in [1.29, 1.82) is 0 Å². The summed E-state index contributed by atoms with van der Waals surface area (Å²) in [6.07, 6.45) is -0.352. The molecule has 1 amide bonds. The molecule has 0 saturated carbocycles. The summed E-state index contributed by atoms with van der Waals surface area (Å²) in [5.74, 6) is 0.187. The van der Waals surface area contributed by atoms with Gasteiger partial charge in [0, 0.05) is 17.7 Å². The highest BCUT2D eigenvalue weighted by Crippen LogP contribution is 2.43. The van der Waals surface area contributed by atoms with Gasteiger partial charge in [-0.3, -0.25) is 9.59 Å². The average Bonchev–Trinajstić information content (AvgIpc) is 3.19. The number of rotatable bonds is 5. The van der Waals surface area contributed by atoms with Crippen LogP contribution in [-0.4, -0.2) is 30.1 Å². The molecule has 0 saturated heterocycles. The van der Waals surface area contributed by atoms with Gasteiger partial charge >= 0.3 is 0 Å². The zero-order valence-corrected chi connectivity index (χ0v) is 14.9. The van der Waals surface area contributed by atoms with Crippen molar-refractivity contribution in [2.45, 2.75) is 18.9 Å². The van der Waals surface area contributed by atoms with E-state index in [0.29, 0.717) is 28.3 Å². The summed E-state index contributed by atoms with van der Waals surface area (Å²) in [7, 11) is 0. The quantitative estimate of drug-likeness (QED) is 0.651. The number of hydrogen-bond donors (Lipinski definition) is 1. The highest BCUT2D eigenvalue weighted by molar-refractivity contribution is 6.11. The van der Waals surface area contributed by atoms with Gasteiger partial charge in [-0.2, -0.15) is 0 Å². The van der Waals surface area contributed by atoms with Crippen LogP contribution in [0.25, 0.3) is 0 Å². The molecule has 6 heteroatoms. The summed E-state index contributed by atoms with van der Waals surface area (Å²) < 4.78 is 10.5. The Morgan fingerprint density at radius 2 is 1.96 bits per heavy atom. The van der Waals surface area contributed by atoms with Crippen LogP contribution in [-0.2, 0) is 10.4 Å². The molecule has 2 aliphatic heterocycles. The van der Waals surface area contributed by atoms with Gasteiger partial charge in [0.25, 0.3) is 5.91 Å². The van der Waals surface area contributed by atoms with Crippen LogP contribution >= 0.6 is 0 Å². The third kappa shape index (κ3) is 2.78. The molecular formula is C21H19NO5. The van der Waals surface area contributed by atoms with Crippen LogP contribution in [0.1, 0.15) is 29.3 Å². The first-order chi connectivity index (χ1) is 12.9. The summed E-state index contributed by atoms with van der Waals surface area (Å²) in [6.45, 7) is 6.06. The van der Waals surface area contributed by atoms with Crippen molar-refractivity contribution in [1.82, 2.24) is 0 Å². The van der Waals surface area contributed by atoms with Crippen molar-refractivity contribution in [2.24, 2.45) is 0 Å². The summed E-state index contributed by atoms with van der Waals surface area (Å²) in [5.41, 5.74) is 0.275. The van der Waals surface area contributed by atoms with E-state index in [1.54, 1.807) is 42.5 Å². The van der Waals surface area contributed by atoms with Gasteiger partial charge in [-0.05, 0) is 31.2 Å². The summed E-state index contributed by atoms with van der Waals surface area (Å²) in [4.78, 5) is 27.3. The first kappa shape index (κ1) is 17.3. The van der Waals surface area contributed by atoms with Crippen LogP contribution in [0.3, 0.4) is 0 Å². The van der Waals surface area contributed by atoms with E-state index >= 15 is 0 Å². The molecule has 2 heterocycles. The Balaban J connectivity index is 1.67. The number of carbonyl (C=O) groups is 2. The van der Waals surface area contributed by atoms with E-state index in [1.165, 1.54) is 4.90 Å². The lowest BCUT2D eigenvalue weighted by Crippen LogP contribution is -2.42. The number of ether oxygens (including phenoxy) is 2. The first-order valence-corrected chi connectivity index (χ1v) is 8.61. The number of ketones is 1. The normalized spacial score (nSPS) is 19.9. The lowest BCUT2D eigenvalue weighted by Gasteiger charge is -2.23. The van der Waals surface area contributed by atoms with Crippen LogP contribution in [0, 0.1) is 0 Å². The van der Waals surface area contributed by atoms with E-state index in [-0.39, 0.29) is 25.5 Å². The van der Waals surface area contributed by atoms with E-state index in [9.17, 15) is 14.7 Å². The van der Waals surface area contributed by atoms with Gasteiger partial charge in [0.2, 0.25) is 6.79 Å². The van der Waals surface area contributed by atoms with Crippen molar-refractivity contribution in [3.8, 4) is 11.5 Å². The zero-order chi connectivity index (χ0) is 19.2. The number of aliphatic hydroxyl groups is 1. The Morgan fingerprint density at radius 1 is 1.22 bits per heavy atom. The molecule has 0 fully saturated rings. The first-order valence-electron chi connectivity index (χ1n) is 8.61.